The van der Waals surface area contributed by atoms with Crippen molar-refractivity contribution in [2.45, 2.75) is 78.1 Å². The zero-order chi connectivity index (χ0) is 36.6. The predicted octanol–water partition coefficient (Wildman–Crippen LogP) is 6.79. The molecule has 4 rings (SSSR count). The molecular formula is C40H52N10O2. The minimum atomic E-state index is -0.196. The number of hydrogen-bond donors (Lipinski definition) is 2. The number of unbranched alkanes of at least 4 members (excludes halogenated alkanes) is 8. The summed E-state index contributed by atoms with van der Waals surface area (Å²) in [4.78, 5) is 45.1. The number of hydrogen-bond acceptors (Lipinski definition) is 10. The van der Waals surface area contributed by atoms with Gasteiger partial charge in [0.1, 0.15) is 13.1 Å². The third-order valence-corrected chi connectivity index (χ3v) is 8.09. The topological polar surface area (TPSA) is 141 Å². The Bertz CT molecular complexity index is 1570. The van der Waals surface area contributed by atoms with Crippen molar-refractivity contribution in [2.75, 3.05) is 36.2 Å². The van der Waals surface area contributed by atoms with Gasteiger partial charge in [-0.05, 0) is 37.1 Å². The monoisotopic (exact) mass is 704 g/mol. The van der Waals surface area contributed by atoms with Crippen molar-refractivity contribution in [1.29, 1.82) is 0 Å². The molecule has 2 N–H and O–H groups in total. The highest BCUT2D eigenvalue weighted by molar-refractivity contribution is 5.85. The second kappa shape index (κ2) is 23.0. The van der Waals surface area contributed by atoms with Crippen LogP contribution in [0.15, 0.2) is 95.4 Å². The Hall–Kier alpha value is -5.52. The van der Waals surface area contributed by atoms with Crippen LogP contribution in [0.4, 0.5) is 11.6 Å². The number of nitrogens with one attached hydrogen (secondary N) is 2. The van der Waals surface area contributed by atoms with Crippen LogP contribution >= 0.6 is 0 Å². The Morgan fingerprint density at radius 2 is 1.08 bits per heavy atom. The van der Waals surface area contributed by atoms with Crippen LogP contribution in [0.5, 0.6) is 0 Å². The largest absolute Gasteiger partial charge is 0.354 e. The van der Waals surface area contributed by atoms with Gasteiger partial charge in [-0.3, -0.25) is 19.6 Å². The van der Waals surface area contributed by atoms with Gasteiger partial charge in [-0.15, -0.1) is 0 Å². The number of anilines is 2. The molecule has 0 aliphatic rings. The molecule has 0 bridgehead atoms. The van der Waals surface area contributed by atoms with Crippen molar-refractivity contribution in [3.05, 3.63) is 96.6 Å². The van der Waals surface area contributed by atoms with Gasteiger partial charge < -0.3 is 10.6 Å². The average Bonchev–Trinajstić information content (AvgIpc) is 3.18. The maximum Gasteiger partial charge on any atom is 0.241 e. The fourth-order valence-electron chi connectivity index (χ4n) is 5.22. The molecule has 0 saturated carbocycles. The van der Waals surface area contributed by atoms with Crippen molar-refractivity contribution < 1.29 is 9.59 Å². The molecule has 0 aliphatic carbocycles. The molecule has 4 aromatic rings. The van der Waals surface area contributed by atoms with Crippen molar-refractivity contribution in [3.8, 4) is 11.4 Å². The van der Waals surface area contributed by atoms with E-state index in [-0.39, 0.29) is 24.9 Å². The lowest BCUT2D eigenvalue weighted by Crippen LogP contribution is -2.37. The third-order valence-electron chi connectivity index (χ3n) is 8.09. The smallest absolute Gasteiger partial charge is 0.241 e. The van der Waals surface area contributed by atoms with E-state index in [4.69, 9.17) is 9.97 Å². The summed E-state index contributed by atoms with van der Waals surface area (Å²) in [5.41, 5.74) is 1.99. The van der Waals surface area contributed by atoms with Gasteiger partial charge >= 0.3 is 0 Å². The van der Waals surface area contributed by atoms with Gasteiger partial charge in [0.25, 0.3) is 0 Å². The van der Waals surface area contributed by atoms with Crippen LogP contribution in [0.3, 0.4) is 0 Å². The summed E-state index contributed by atoms with van der Waals surface area (Å²) in [5, 5.41) is 18.5. The van der Waals surface area contributed by atoms with E-state index in [2.05, 4.69) is 44.7 Å². The first kappa shape index (κ1) is 39.3. The number of hydrazone groups is 2. The highest BCUT2D eigenvalue weighted by Crippen LogP contribution is 2.25. The van der Waals surface area contributed by atoms with Gasteiger partial charge in [-0.25, -0.2) is 20.0 Å². The molecule has 0 spiro atoms. The van der Waals surface area contributed by atoms with E-state index in [1.807, 2.05) is 66.7 Å². The number of nitrogens with zero attached hydrogens (tertiary/aromatic N) is 8. The van der Waals surface area contributed by atoms with E-state index < -0.39 is 0 Å². The molecule has 3 heterocycles. The summed E-state index contributed by atoms with van der Waals surface area (Å²) in [7, 11) is 0. The van der Waals surface area contributed by atoms with Crippen LogP contribution in [0.2, 0.25) is 0 Å². The summed E-state index contributed by atoms with van der Waals surface area (Å²) in [6.07, 6.45) is 17.5. The Morgan fingerprint density at radius 3 is 1.52 bits per heavy atom. The van der Waals surface area contributed by atoms with Gasteiger partial charge in [-0.2, -0.15) is 10.2 Å². The fourth-order valence-corrected chi connectivity index (χ4v) is 5.22. The number of aromatic nitrogens is 4. The molecule has 3 aromatic heterocycles. The molecule has 0 saturated heterocycles. The molecule has 274 valence electrons. The minimum Gasteiger partial charge on any atom is -0.354 e. The SMILES string of the molecule is CCCCCCCNC(=O)CN(/N=C/c1ccccn1)c1cc(N(CC(=O)NCCCCCCC)/N=C/c2ccccn2)nc(-c2ccccc2)n1. The second-order valence-corrected chi connectivity index (χ2v) is 12.4. The summed E-state index contributed by atoms with van der Waals surface area (Å²) >= 11 is 0. The molecule has 12 heteroatoms. The standard InChI is InChI=1S/C40H52N10O2/c1-3-5-7-9-16-26-43-38(51)31-49(45-29-34-22-14-18-24-41-34)36-28-37(48-40(47-36)33-20-12-11-13-21-33)50(46-30-35-23-15-19-25-42-35)32-39(52)44-27-17-10-8-6-4-2/h11-15,18-25,28-30H,3-10,16-17,26-27,31-32H2,1-2H3,(H,43,51)(H,44,52)/b45-29+,46-30+. The number of carbonyl (C=O) groups is 2. The van der Waals surface area contributed by atoms with E-state index in [1.165, 1.54) is 22.9 Å². The fraction of sp³-hybridized carbons (Fsp3) is 0.400. The first-order chi connectivity index (χ1) is 25.6. The number of amides is 2. The van der Waals surface area contributed by atoms with E-state index in [0.29, 0.717) is 41.9 Å². The van der Waals surface area contributed by atoms with E-state index in [9.17, 15) is 9.59 Å². The summed E-state index contributed by atoms with van der Waals surface area (Å²) in [5.74, 6) is 0.695. The summed E-state index contributed by atoms with van der Waals surface area (Å²) in [6, 6.07) is 22.3. The molecule has 12 nitrogen and oxygen atoms in total. The van der Waals surface area contributed by atoms with Crippen LogP contribution in [0.1, 0.15) is 89.4 Å². The summed E-state index contributed by atoms with van der Waals surface area (Å²) < 4.78 is 0. The first-order valence-electron chi connectivity index (χ1n) is 18.5. The Morgan fingerprint density at radius 1 is 0.615 bits per heavy atom. The van der Waals surface area contributed by atoms with Crippen molar-refractivity contribution >= 4 is 35.9 Å². The van der Waals surface area contributed by atoms with Crippen molar-refractivity contribution in [2.24, 2.45) is 10.2 Å². The molecule has 52 heavy (non-hydrogen) atoms. The van der Waals surface area contributed by atoms with Gasteiger partial charge in [0.05, 0.1) is 23.8 Å². The maximum absolute atomic E-state index is 13.3. The molecule has 0 fully saturated rings. The Balaban J connectivity index is 1.68. The molecule has 0 unspecified atom stereocenters. The minimum absolute atomic E-state index is 0.0985. The molecule has 0 atom stereocenters. The van der Waals surface area contributed by atoms with E-state index in [0.717, 1.165) is 56.9 Å². The number of carbonyl (C=O) groups excluding carboxylic acids is 2. The lowest BCUT2D eigenvalue weighted by molar-refractivity contribution is -0.120. The normalized spacial score (nSPS) is 11.2. The maximum atomic E-state index is 13.3. The number of benzene rings is 1. The third kappa shape index (κ3) is 14.4. The van der Waals surface area contributed by atoms with Crippen LogP contribution in [0.25, 0.3) is 11.4 Å². The highest BCUT2D eigenvalue weighted by Gasteiger charge is 2.20. The molecule has 0 aliphatic heterocycles. The lowest BCUT2D eigenvalue weighted by atomic mass is 10.1. The van der Waals surface area contributed by atoms with Crippen molar-refractivity contribution in [3.63, 3.8) is 0 Å². The molecule has 0 radical (unpaired) electrons. The van der Waals surface area contributed by atoms with Crippen LogP contribution in [0, 0.1) is 0 Å². The Kier molecular flexibility index (Phi) is 17.4. The lowest BCUT2D eigenvalue weighted by Gasteiger charge is -2.22. The number of rotatable bonds is 23. The van der Waals surface area contributed by atoms with Crippen molar-refractivity contribution in [1.82, 2.24) is 30.6 Å². The Labute approximate surface area is 307 Å². The molecular weight excluding hydrogens is 653 g/mol. The average molecular weight is 705 g/mol. The van der Waals surface area contributed by atoms with Crippen LogP contribution in [-0.2, 0) is 9.59 Å². The van der Waals surface area contributed by atoms with Gasteiger partial charge in [0.2, 0.25) is 11.8 Å². The zero-order valence-corrected chi connectivity index (χ0v) is 30.5. The van der Waals surface area contributed by atoms with Gasteiger partial charge in [-0.1, -0.05) is 108 Å². The molecule has 1 aromatic carbocycles. The quantitative estimate of drug-likeness (QED) is 0.0489. The van der Waals surface area contributed by atoms with Crippen LogP contribution in [-0.4, -0.2) is 70.4 Å². The summed E-state index contributed by atoms with van der Waals surface area (Å²) in [6.45, 7) is 5.32. The molecule has 2 amide bonds. The van der Waals surface area contributed by atoms with Gasteiger partial charge in [0, 0.05) is 37.1 Å². The predicted molar refractivity (Wildman–Crippen MR) is 209 cm³/mol. The second-order valence-electron chi connectivity index (χ2n) is 12.4. The van der Waals surface area contributed by atoms with Crippen LogP contribution < -0.4 is 20.7 Å². The first-order valence-corrected chi connectivity index (χ1v) is 18.5. The van der Waals surface area contributed by atoms with E-state index >= 15 is 0 Å². The zero-order valence-electron chi connectivity index (χ0n) is 30.5. The highest BCUT2D eigenvalue weighted by atomic mass is 16.2. The van der Waals surface area contributed by atoms with E-state index in [1.54, 1.807) is 30.9 Å². The number of pyridine rings is 2. The van der Waals surface area contributed by atoms with Gasteiger partial charge in [0.15, 0.2) is 17.5 Å².